The zero-order chi connectivity index (χ0) is 13.7. The molecule has 0 aliphatic carbocycles. The van der Waals surface area contributed by atoms with Crippen molar-refractivity contribution in [3.8, 4) is 11.5 Å². The SMILES string of the molecule is COc1cc(N)c(NC(C)CC(N)=O)cc1OC. The maximum absolute atomic E-state index is 10.8. The minimum Gasteiger partial charge on any atom is -0.493 e. The van der Waals surface area contributed by atoms with E-state index < -0.39 is 0 Å². The lowest BCUT2D eigenvalue weighted by atomic mass is 10.2. The van der Waals surface area contributed by atoms with Crippen LogP contribution in [0.15, 0.2) is 12.1 Å². The van der Waals surface area contributed by atoms with Crippen molar-refractivity contribution in [1.82, 2.24) is 0 Å². The third-order valence-electron chi connectivity index (χ3n) is 2.46. The third-order valence-corrected chi connectivity index (χ3v) is 2.46. The fourth-order valence-electron chi connectivity index (χ4n) is 1.64. The molecule has 0 aliphatic rings. The Hall–Kier alpha value is -2.11. The Morgan fingerprint density at radius 2 is 1.89 bits per heavy atom. The first kappa shape index (κ1) is 14.0. The Balaban J connectivity index is 2.92. The highest BCUT2D eigenvalue weighted by Crippen LogP contribution is 2.35. The lowest BCUT2D eigenvalue weighted by Crippen LogP contribution is -2.24. The van der Waals surface area contributed by atoms with E-state index in [2.05, 4.69) is 5.32 Å². The molecule has 5 N–H and O–H groups in total. The van der Waals surface area contributed by atoms with Gasteiger partial charge in [0.15, 0.2) is 11.5 Å². The van der Waals surface area contributed by atoms with Crippen LogP contribution in [0.2, 0.25) is 0 Å². The zero-order valence-corrected chi connectivity index (χ0v) is 10.8. The Labute approximate surface area is 106 Å². The highest BCUT2D eigenvalue weighted by Gasteiger charge is 2.12. The summed E-state index contributed by atoms with van der Waals surface area (Å²) in [6, 6.07) is 3.28. The summed E-state index contributed by atoms with van der Waals surface area (Å²) in [5, 5.41) is 3.11. The van der Waals surface area contributed by atoms with Crippen molar-refractivity contribution >= 4 is 17.3 Å². The fourth-order valence-corrected chi connectivity index (χ4v) is 1.64. The number of anilines is 2. The smallest absolute Gasteiger partial charge is 0.219 e. The van der Waals surface area contributed by atoms with Crippen molar-refractivity contribution in [1.29, 1.82) is 0 Å². The van der Waals surface area contributed by atoms with Crippen molar-refractivity contribution in [2.24, 2.45) is 5.73 Å². The molecule has 0 radical (unpaired) electrons. The minimum absolute atomic E-state index is 0.108. The monoisotopic (exact) mass is 253 g/mol. The molecule has 0 aromatic heterocycles. The van der Waals surface area contributed by atoms with Gasteiger partial charge in [-0.3, -0.25) is 4.79 Å². The maximum atomic E-state index is 10.8. The molecule has 0 heterocycles. The average molecular weight is 253 g/mol. The van der Waals surface area contributed by atoms with E-state index in [0.29, 0.717) is 22.9 Å². The van der Waals surface area contributed by atoms with Gasteiger partial charge in [0.2, 0.25) is 5.91 Å². The van der Waals surface area contributed by atoms with Gasteiger partial charge in [-0.1, -0.05) is 0 Å². The van der Waals surface area contributed by atoms with Crippen LogP contribution in [-0.2, 0) is 4.79 Å². The van der Waals surface area contributed by atoms with Gasteiger partial charge >= 0.3 is 0 Å². The van der Waals surface area contributed by atoms with Gasteiger partial charge in [0.05, 0.1) is 25.6 Å². The number of hydrogen-bond acceptors (Lipinski definition) is 5. The molecular weight excluding hydrogens is 234 g/mol. The quantitative estimate of drug-likeness (QED) is 0.656. The number of methoxy groups -OCH3 is 2. The van der Waals surface area contributed by atoms with Gasteiger partial charge in [-0.25, -0.2) is 0 Å². The molecule has 100 valence electrons. The van der Waals surface area contributed by atoms with Crippen LogP contribution in [0, 0.1) is 0 Å². The number of benzene rings is 1. The van der Waals surface area contributed by atoms with Crippen molar-refractivity contribution in [3.05, 3.63) is 12.1 Å². The molecule has 0 saturated heterocycles. The van der Waals surface area contributed by atoms with Gasteiger partial charge in [-0.15, -0.1) is 0 Å². The molecule has 6 nitrogen and oxygen atoms in total. The number of rotatable bonds is 6. The first-order valence-corrected chi connectivity index (χ1v) is 5.54. The molecule has 1 aromatic rings. The first-order valence-electron chi connectivity index (χ1n) is 5.54. The lowest BCUT2D eigenvalue weighted by Gasteiger charge is -2.17. The van der Waals surface area contributed by atoms with Crippen LogP contribution in [0.25, 0.3) is 0 Å². The lowest BCUT2D eigenvalue weighted by molar-refractivity contribution is -0.118. The standard InChI is InChI=1S/C12H19N3O3/c1-7(4-12(14)16)15-9-6-11(18-3)10(17-2)5-8(9)13/h5-7,15H,4,13H2,1-3H3,(H2,14,16). The molecular formula is C12H19N3O3. The van der Waals surface area contributed by atoms with Crippen LogP contribution in [0.4, 0.5) is 11.4 Å². The number of carbonyl (C=O) groups is 1. The van der Waals surface area contributed by atoms with E-state index >= 15 is 0 Å². The van der Waals surface area contributed by atoms with Gasteiger partial charge in [0.1, 0.15) is 0 Å². The molecule has 18 heavy (non-hydrogen) atoms. The van der Waals surface area contributed by atoms with E-state index in [1.807, 2.05) is 6.92 Å². The summed E-state index contributed by atoms with van der Waals surface area (Å²) in [6.07, 6.45) is 0.230. The number of carbonyl (C=O) groups excluding carboxylic acids is 1. The summed E-state index contributed by atoms with van der Waals surface area (Å²) in [5.41, 5.74) is 12.2. The predicted octanol–water partition coefficient (Wildman–Crippen LogP) is 0.962. The molecule has 0 fully saturated rings. The molecule has 0 aliphatic heterocycles. The summed E-state index contributed by atoms with van der Waals surface area (Å²) >= 11 is 0. The largest absolute Gasteiger partial charge is 0.493 e. The Morgan fingerprint density at radius 1 is 1.33 bits per heavy atom. The summed E-state index contributed by atoms with van der Waals surface area (Å²) in [4.78, 5) is 10.8. The number of nitrogens with one attached hydrogen (secondary N) is 1. The second-order valence-corrected chi connectivity index (χ2v) is 4.01. The number of primary amides is 1. The van der Waals surface area contributed by atoms with Crippen molar-refractivity contribution in [2.45, 2.75) is 19.4 Å². The number of amides is 1. The van der Waals surface area contributed by atoms with Crippen LogP contribution >= 0.6 is 0 Å². The highest BCUT2D eigenvalue weighted by atomic mass is 16.5. The molecule has 0 saturated carbocycles. The number of hydrogen-bond donors (Lipinski definition) is 3. The summed E-state index contributed by atoms with van der Waals surface area (Å²) in [5.74, 6) is 0.762. The summed E-state index contributed by atoms with van der Waals surface area (Å²) in [7, 11) is 3.09. The number of nitrogen functional groups attached to an aromatic ring is 1. The van der Waals surface area contributed by atoms with Crippen molar-refractivity contribution in [3.63, 3.8) is 0 Å². The van der Waals surface area contributed by atoms with E-state index in [4.69, 9.17) is 20.9 Å². The zero-order valence-electron chi connectivity index (χ0n) is 10.8. The fraction of sp³-hybridized carbons (Fsp3) is 0.417. The number of ether oxygens (including phenoxy) is 2. The minimum atomic E-state index is -0.367. The molecule has 1 rings (SSSR count). The van der Waals surface area contributed by atoms with E-state index in [-0.39, 0.29) is 18.4 Å². The van der Waals surface area contributed by atoms with E-state index in [0.717, 1.165) is 0 Å². The molecule has 1 aromatic carbocycles. The molecule has 0 spiro atoms. The Morgan fingerprint density at radius 3 is 2.39 bits per heavy atom. The average Bonchev–Trinajstić information content (AvgIpc) is 2.30. The molecule has 1 amide bonds. The van der Waals surface area contributed by atoms with Gasteiger partial charge in [-0.05, 0) is 6.92 Å². The summed E-state index contributed by atoms with van der Waals surface area (Å²) in [6.45, 7) is 1.85. The molecule has 6 heteroatoms. The van der Waals surface area contributed by atoms with Crippen molar-refractivity contribution in [2.75, 3.05) is 25.3 Å². The van der Waals surface area contributed by atoms with Crippen LogP contribution in [0.3, 0.4) is 0 Å². The second kappa shape index (κ2) is 6.00. The third kappa shape index (κ3) is 3.44. The van der Waals surface area contributed by atoms with Gasteiger partial charge in [0, 0.05) is 24.6 Å². The Kier molecular flexibility index (Phi) is 4.65. The van der Waals surface area contributed by atoms with Gasteiger partial charge in [0.25, 0.3) is 0 Å². The number of nitrogens with two attached hydrogens (primary N) is 2. The second-order valence-electron chi connectivity index (χ2n) is 4.01. The van der Waals surface area contributed by atoms with E-state index in [1.54, 1.807) is 26.4 Å². The van der Waals surface area contributed by atoms with Gasteiger partial charge < -0.3 is 26.3 Å². The van der Waals surface area contributed by atoms with E-state index in [9.17, 15) is 4.79 Å². The summed E-state index contributed by atoms with van der Waals surface area (Å²) < 4.78 is 10.3. The Bertz CT molecular complexity index is 435. The molecule has 1 atom stereocenters. The van der Waals surface area contributed by atoms with Gasteiger partial charge in [-0.2, -0.15) is 0 Å². The molecule has 1 unspecified atom stereocenters. The van der Waals surface area contributed by atoms with Crippen LogP contribution < -0.4 is 26.3 Å². The van der Waals surface area contributed by atoms with Crippen LogP contribution in [0.5, 0.6) is 11.5 Å². The molecule has 0 bridgehead atoms. The van der Waals surface area contributed by atoms with Crippen LogP contribution in [0.1, 0.15) is 13.3 Å². The van der Waals surface area contributed by atoms with Crippen molar-refractivity contribution < 1.29 is 14.3 Å². The topological polar surface area (TPSA) is 99.6 Å². The van der Waals surface area contributed by atoms with E-state index in [1.165, 1.54) is 0 Å². The first-order chi connectivity index (χ1) is 8.47. The highest BCUT2D eigenvalue weighted by molar-refractivity contribution is 5.76. The normalized spacial score (nSPS) is 11.7. The maximum Gasteiger partial charge on any atom is 0.219 e. The van der Waals surface area contributed by atoms with Crippen LogP contribution in [-0.4, -0.2) is 26.2 Å². The predicted molar refractivity (Wildman–Crippen MR) is 70.9 cm³/mol.